The summed E-state index contributed by atoms with van der Waals surface area (Å²) in [5, 5.41) is 3.44. The van der Waals surface area contributed by atoms with Crippen LogP contribution in [0.2, 0.25) is 0 Å². The fourth-order valence-electron chi connectivity index (χ4n) is 5.23. The molecule has 0 amide bonds. The van der Waals surface area contributed by atoms with E-state index in [0.29, 0.717) is 26.7 Å². The average molecular weight is 555 g/mol. The molecule has 0 heterocycles. The zero-order valence-electron chi connectivity index (χ0n) is 22.2. The molecule has 2 aromatic carbocycles. The van der Waals surface area contributed by atoms with Crippen molar-refractivity contribution in [3.05, 3.63) is 63.1 Å². The van der Waals surface area contributed by atoms with Crippen molar-refractivity contribution in [3.8, 4) is 0 Å². The van der Waals surface area contributed by atoms with Crippen LogP contribution in [0.25, 0.3) is 0 Å². The van der Waals surface area contributed by atoms with Crippen molar-refractivity contribution in [3.63, 3.8) is 0 Å². The summed E-state index contributed by atoms with van der Waals surface area (Å²) < 4.78 is 0.679. The van der Waals surface area contributed by atoms with Crippen molar-refractivity contribution >= 4 is 33.2 Å². The minimum absolute atomic E-state index is 0.0732. The molecule has 4 heteroatoms. The van der Waals surface area contributed by atoms with E-state index in [0.717, 1.165) is 18.7 Å². The highest BCUT2D eigenvalue weighted by Gasteiger charge is 2.33. The number of ketones is 2. The summed E-state index contributed by atoms with van der Waals surface area (Å²) in [4.78, 5) is 26.2. The van der Waals surface area contributed by atoms with Gasteiger partial charge >= 0.3 is 0 Å². The Morgan fingerprint density at radius 1 is 0.583 bits per heavy atom. The maximum Gasteiger partial charge on any atom is 0.196 e. The maximum atomic E-state index is 13.2. The standard InChI is InChI=1S/C32H44BrNO2/c1-2-3-4-5-6-7-8-9-10-11-12-13-14-15-16-19-24-34-28-23-22-27(33)29-30(28)32(36)26-21-18-17-20-25(26)31(29)35/h17-18,20-23,34H,2-16,19,24H2,1H3. The van der Waals surface area contributed by atoms with Crippen LogP contribution in [0, 0.1) is 0 Å². The van der Waals surface area contributed by atoms with E-state index in [-0.39, 0.29) is 11.6 Å². The topological polar surface area (TPSA) is 46.2 Å². The van der Waals surface area contributed by atoms with Gasteiger partial charge in [0.15, 0.2) is 11.6 Å². The van der Waals surface area contributed by atoms with Crippen LogP contribution in [0.5, 0.6) is 0 Å². The first kappa shape index (κ1) is 28.6. The molecular weight excluding hydrogens is 510 g/mol. The highest BCUT2D eigenvalue weighted by Crippen LogP contribution is 2.36. The predicted molar refractivity (Wildman–Crippen MR) is 155 cm³/mol. The summed E-state index contributed by atoms with van der Waals surface area (Å²) in [6, 6.07) is 10.9. The number of rotatable bonds is 18. The first-order chi connectivity index (χ1) is 17.6. The van der Waals surface area contributed by atoms with Gasteiger partial charge in [0.1, 0.15) is 0 Å². The molecule has 2 aromatic rings. The predicted octanol–water partition coefficient (Wildman–Crippen LogP) is 9.90. The molecule has 3 nitrogen and oxygen atoms in total. The first-order valence-corrected chi connectivity index (χ1v) is 15.2. The molecule has 1 aliphatic rings. The van der Waals surface area contributed by atoms with Crippen molar-refractivity contribution in [2.75, 3.05) is 11.9 Å². The van der Waals surface area contributed by atoms with Crippen LogP contribution in [0.15, 0.2) is 40.9 Å². The van der Waals surface area contributed by atoms with Gasteiger partial charge in [-0.25, -0.2) is 0 Å². The third-order valence-electron chi connectivity index (χ3n) is 7.37. The third kappa shape index (κ3) is 8.30. The van der Waals surface area contributed by atoms with E-state index in [1.807, 2.05) is 24.3 Å². The molecule has 0 spiro atoms. The lowest BCUT2D eigenvalue weighted by atomic mass is 9.83. The van der Waals surface area contributed by atoms with E-state index < -0.39 is 0 Å². The quantitative estimate of drug-likeness (QED) is 0.159. The molecule has 3 rings (SSSR count). The van der Waals surface area contributed by atoms with E-state index in [2.05, 4.69) is 28.2 Å². The van der Waals surface area contributed by atoms with Gasteiger partial charge in [-0.15, -0.1) is 0 Å². The second-order valence-corrected chi connectivity index (χ2v) is 11.1. The zero-order chi connectivity index (χ0) is 25.6. The van der Waals surface area contributed by atoms with E-state index in [9.17, 15) is 9.59 Å². The number of hydrogen-bond donors (Lipinski definition) is 1. The van der Waals surface area contributed by atoms with Crippen LogP contribution >= 0.6 is 15.9 Å². The van der Waals surface area contributed by atoms with Crippen LogP contribution in [-0.4, -0.2) is 18.1 Å². The Hall–Kier alpha value is -1.94. The Bertz CT molecular complexity index is 984. The normalized spacial score (nSPS) is 12.5. The molecule has 0 aromatic heterocycles. The summed E-state index contributed by atoms with van der Waals surface area (Å²) in [5.74, 6) is -0.158. The molecule has 196 valence electrons. The fourth-order valence-corrected chi connectivity index (χ4v) is 5.74. The average Bonchev–Trinajstić information content (AvgIpc) is 2.89. The molecule has 0 unspecified atom stereocenters. The summed E-state index contributed by atoms with van der Waals surface area (Å²) in [6.45, 7) is 3.10. The van der Waals surface area contributed by atoms with E-state index in [1.165, 1.54) is 96.3 Å². The number of carbonyl (C=O) groups is 2. The van der Waals surface area contributed by atoms with Crippen LogP contribution in [0.1, 0.15) is 141 Å². The number of halogens is 1. The van der Waals surface area contributed by atoms with Crippen LogP contribution in [0.3, 0.4) is 0 Å². The molecule has 0 atom stereocenters. The third-order valence-corrected chi connectivity index (χ3v) is 8.03. The number of anilines is 1. The maximum absolute atomic E-state index is 13.2. The Morgan fingerprint density at radius 3 is 1.53 bits per heavy atom. The minimum Gasteiger partial charge on any atom is -0.384 e. The first-order valence-electron chi connectivity index (χ1n) is 14.4. The van der Waals surface area contributed by atoms with Crippen LogP contribution in [0.4, 0.5) is 5.69 Å². The van der Waals surface area contributed by atoms with Gasteiger partial charge in [-0.1, -0.05) is 143 Å². The Labute approximate surface area is 227 Å². The SMILES string of the molecule is CCCCCCCCCCCCCCCCCCNc1ccc(Br)c2c1C(=O)c1ccccc1C2=O. The molecule has 0 radical (unpaired) electrons. The minimum atomic E-state index is -0.0851. The van der Waals surface area contributed by atoms with Gasteiger partial charge in [0, 0.05) is 33.4 Å². The van der Waals surface area contributed by atoms with Gasteiger partial charge in [0.05, 0.1) is 5.56 Å². The number of carbonyl (C=O) groups excluding carboxylic acids is 2. The van der Waals surface area contributed by atoms with E-state index in [4.69, 9.17) is 0 Å². The zero-order valence-corrected chi connectivity index (χ0v) is 23.8. The molecular formula is C32H44BrNO2. The lowest BCUT2D eigenvalue weighted by molar-refractivity contribution is 0.0979. The van der Waals surface area contributed by atoms with Gasteiger partial charge in [0.2, 0.25) is 0 Å². The number of fused-ring (bicyclic) bond motifs is 2. The van der Waals surface area contributed by atoms with Crippen LogP contribution < -0.4 is 5.32 Å². The van der Waals surface area contributed by atoms with E-state index >= 15 is 0 Å². The molecule has 0 aliphatic heterocycles. The number of benzene rings is 2. The van der Waals surface area contributed by atoms with Crippen molar-refractivity contribution in [2.45, 2.75) is 110 Å². The smallest absolute Gasteiger partial charge is 0.196 e. The Balaban J connectivity index is 1.27. The lowest BCUT2D eigenvalue weighted by Crippen LogP contribution is -2.23. The lowest BCUT2D eigenvalue weighted by Gasteiger charge is -2.22. The fraction of sp³-hybridized carbons (Fsp3) is 0.562. The van der Waals surface area contributed by atoms with Gasteiger partial charge in [0.25, 0.3) is 0 Å². The van der Waals surface area contributed by atoms with Gasteiger partial charge < -0.3 is 5.32 Å². The van der Waals surface area contributed by atoms with Gasteiger partial charge in [-0.2, -0.15) is 0 Å². The largest absolute Gasteiger partial charge is 0.384 e. The van der Waals surface area contributed by atoms with Crippen molar-refractivity contribution in [2.24, 2.45) is 0 Å². The highest BCUT2D eigenvalue weighted by atomic mass is 79.9. The molecule has 0 fully saturated rings. The summed E-state index contributed by atoms with van der Waals surface area (Å²) >= 11 is 3.49. The van der Waals surface area contributed by atoms with Crippen LogP contribution in [-0.2, 0) is 0 Å². The second-order valence-electron chi connectivity index (χ2n) is 10.3. The molecule has 0 saturated carbocycles. The molecule has 1 aliphatic carbocycles. The Kier molecular flexibility index (Phi) is 12.7. The molecule has 36 heavy (non-hydrogen) atoms. The Morgan fingerprint density at radius 2 is 1.03 bits per heavy atom. The molecule has 0 bridgehead atoms. The number of unbranched alkanes of at least 4 members (excludes halogenated alkanes) is 15. The monoisotopic (exact) mass is 553 g/mol. The van der Waals surface area contributed by atoms with Crippen molar-refractivity contribution in [1.29, 1.82) is 0 Å². The summed E-state index contributed by atoms with van der Waals surface area (Å²) in [7, 11) is 0. The second kappa shape index (κ2) is 16.0. The molecule has 0 saturated heterocycles. The van der Waals surface area contributed by atoms with Crippen molar-refractivity contribution < 1.29 is 9.59 Å². The summed E-state index contributed by atoms with van der Waals surface area (Å²) in [5.41, 5.74) is 2.74. The van der Waals surface area contributed by atoms with Gasteiger partial charge in [-0.05, 0) is 18.6 Å². The molecule has 1 N–H and O–H groups in total. The number of nitrogens with one attached hydrogen (secondary N) is 1. The number of hydrogen-bond acceptors (Lipinski definition) is 3. The highest BCUT2D eigenvalue weighted by molar-refractivity contribution is 9.10. The van der Waals surface area contributed by atoms with Gasteiger partial charge in [-0.3, -0.25) is 9.59 Å². The van der Waals surface area contributed by atoms with E-state index in [1.54, 1.807) is 12.1 Å². The summed E-state index contributed by atoms with van der Waals surface area (Å²) in [6.07, 6.45) is 21.7. The van der Waals surface area contributed by atoms with Crippen molar-refractivity contribution in [1.82, 2.24) is 0 Å².